The lowest BCUT2D eigenvalue weighted by atomic mass is 10.0. The van der Waals surface area contributed by atoms with Gasteiger partial charge in [0.1, 0.15) is 0 Å². The summed E-state index contributed by atoms with van der Waals surface area (Å²) in [5, 5.41) is 3.28. The van der Waals surface area contributed by atoms with Crippen molar-refractivity contribution in [1.29, 1.82) is 0 Å². The molecule has 0 aliphatic carbocycles. The zero-order valence-electron chi connectivity index (χ0n) is 12.0. The molecule has 1 nitrogen and oxygen atoms in total. The topological polar surface area (TPSA) is 12.0 Å². The van der Waals surface area contributed by atoms with Gasteiger partial charge in [-0.25, -0.2) is 0 Å². The van der Waals surface area contributed by atoms with Gasteiger partial charge in [-0.05, 0) is 43.2 Å². The van der Waals surface area contributed by atoms with E-state index in [1.54, 1.807) is 0 Å². The lowest BCUT2D eigenvalue weighted by Crippen LogP contribution is -2.10. The third kappa shape index (κ3) is 4.00. The van der Waals surface area contributed by atoms with E-state index in [1.165, 1.54) is 17.7 Å². The zero-order chi connectivity index (χ0) is 15.5. The van der Waals surface area contributed by atoms with Crippen LogP contribution in [-0.4, -0.2) is 0 Å². The Morgan fingerprint density at radius 2 is 1.52 bits per heavy atom. The van der Waals surface area contributed by atoms with Crippen LogP contribution < -0.4 is 5.32 Å². The fourth-order valence-corrected chi connectivity index (χ4v) is 2.18. The third-order valence-corrected chi connectivity index (χ3v) is 3.44. The van der Waals surface area contributed by atoms with Gasteiger partial charge in [0.25, 0.3) is 0 Å². The normalized spacial score (nSPS) is 13.0. The number of halogens is 3. The number of aryl methyl sites for hydroxylation is 1. The van der Waals surface area contributed by atoms with Gasteiger partial charge in [-0.3, -0.25) is 0 Å². The van der Waals surface area contributed by atoms with Gasteiger partial charge in [-0.1, -0.05) is 36.8 Å². The van der Waals surface area contributed by atoms with Crippen LogP contribution in [0.25, 0.3) is 0 Å². The Morgan fingerprint density at radius 1 is 0.952 bits per heavy atom. The van der Waals surface area contributed by atoms with E-state index in [4.69, 9.17) is 0 Å². The molecule has 1 unspecified atom stereocenters. The Bertz CT molecular complexity index is 570. The SMILES string of the molecule is CCC(Nc1ccc(C(F)(F)F)cc1)c1ccc(C)cc1. The molecule has 1 atom stereocenters. The first-order chi connectivity index (χ1) is 9.90. The molecule has 0 heterocycles. The van der Waals surface area contributed by atoms with Crippen LogP contribution in [0.1, 0.15) is 36.1 Å². The molecule has 0 aliphatic rings. The molecule has 2 rings (SSSR count). The van der Waals surface area contributed by atoms with Gasteiger partial charge in [0.2, 0.25) is 0 Å². The van der Waals surface area contributed by atoms with Crippen molar-refractivity contribution in [1.82, 2.24) is 0 Å². The summed E-state index contributed by atoms with van der Waals surface area (Å²) >= 11 is 0. The number of nitrogens with one attached hydrogen (secondary N) is 1. The number of hydrogen-bond acceptors (Lipinski definition) is 1. The smallest absolute Gasteiger partial charge is 0.378 e. The number of hydrogen-bond donors (Lipinski definition) is 1. The maximum Gasteiger partial charge on any atom is 0.416 e. The van der Waals surface area contributed by atoms with E-state index in [0.717, 1.165) is 24.1 Å². The van der Waals surface area contributed by atoms with Crippen molar-refractivity contribution in [3.63, 3.8) is 0 Å². The maximum atomic E-state index is 12.5. The highest BCUT2D eigenvalue weighted by atomic mass is 19.4. The fraction of sp³-hybridized carbons (Fsp3) is 0.294. The summed E-state index contributed by atoms with van der Waals surface area (Å²) in [6, 6.07) is 13.4. The van der Waals surface area contributed by atoms with Crippen LogP contribution in [0.3, 0.4) is 0 Å². The third-order valence-electron chi connectivity index (χ3n) is 3.44. The predicted molar refractivity (Wildman–Crippen MR) is 79.3 cm³/mol. The first kappa shape index (κ1) is 15.4. The number of rotatable bonds is 4. The molecule has 0 saturated carbocycles. The van der Waals surface area contributed by atoms with E-state index >= 15 is 0 Å². The first-order valence-electron chi connectivity index (χ1n) is 6.90. The summed E-state index contributed by atoms with van der Waals surface area (Å²) in [7, 11) is 0. The summed E-state index contributed by atoms with van der Waals surface area (Å²) < 4.78 is 37.6. The van der Waals surface area contributed by atoms with E-state index in [1.807, 2.05) is 38.1 Å². The van der Waals surface area contributed by atoms with Gasteiger partial charge in [0.05, 0.1) is 11.6 Å². The van der Waals surface area contributed by atoms with Crippen molar-refractivity contribution in [2.24, 2.45) is 0 Å². The highest BCUT2D eigenvalue weighted by Crippen LogP contribution is 2.31. The lowest BCUT2D eigenvalue weighted by molar-refractivity contribution is -0.137. The molecule has 0 fully saturated rings. The van der Waals surface area contributed by atoms with Crippen molar-refractivity contribution in [2.75, 3.05) is 5.32 Å². The summed E-state index contributed by atoms with van der Waals surface area (Å²) in [5.74, 6) is 0. The molecular weight excluding hydrogens is 275 g/mol. The van der Waals surface area contributed by atoms with Gasteiger partial charge in [0.15, 0.2) is 0 Å². The van der Waals surface area contributed by atoms with Crippen molar-refractivity contribution >= 4 is 5.69 Å². The number of benzene rings is 2. The number of alkyl halides is 3. The van der Waals surface area contributed by atoms with Gasteiger partial charge in [-0.2, -0.15) is 13.2 Å². The molecule has 0 amide bonds. The molecule has 1 N–H and O–H groups in total. The minimum absolute atomic E-state index is 0.0855. The predicted octanol–water partition coefficient (Wildman–Crippen LogP) is 5.58. The van der Waals surface area contributed by atoms with Gasteiger partial charge in [0, 0.05) is 5.69 Å². The summed E-state index contributed by atoms with van der Waals surface area (Å²) in [6.07, 6.45) is -3.44. The molecule has 0 saturated heterocycles. The molecule has 2 aromatic rings. The molecule has 21 heavy (non-hydrogen) atoms. The van der Waals surface area contributed by atoms with E-state index in [0.29, 0.717) is 5.69 Å². The van der Waals surface area contributed by atoms with Crippen molar-refractivity contribution in [2.45, 2.75) is 32.5 Å². The Labute approximate surface area is 122 Å². The first-order valence-corrected chi connectivity index (χ1v) is 6.90. The van der Waals surface area contributed by atoms with Crippen LogP contribution in [0.15, 0.2) is 48.5 Å². The van der Waals surface area contributed by atoms with Crippen molar-refractivity contribution < 1.29 is 13.2 Å². The van der Waals surface area contributed by atoms with Crippen LogP contribution in [0.2, 0.25) is 0 Å². The molecule has 0 aliphatic heterocycles. The Morgan fingerprint density at radius 3 is 2.00 bits per heavy atom. The minimum Gasteiger partial charge on any atom is -0.378 e. The summed E-state index contributed by atoms with van der Waals surface area (Å²) in [5.41, 5.74) is 2.37. The monoisotopic (exact) mass is 293 g/mol. The molecular formula is C17H18F3N. The molecule has 0 aromatic heterocycles. The second-order valence-corrected chi connectivity index (χ2v) is 5.09. The Kier molecular flexibility index (Phi) is 4.56. The van der Waals surface area contributed by atoms with Gasteiger partial charge >= 0.3 is 6.18 Å². The van der Waals surface area contributed by atoms with Gasteiger partial charge in [-0.15, -0.1) is 0 Å². The maximum absolute atomic E-state index is 12.5. The standard InChI is InChI=1S/C17H18F3N/c1-3-16(13-6-4-12(2)5-7-13)21-15-10-8-14(9-11-15)17(18,19)20/h4-11,16,21H,3H2,1-2H3. The van der Waals surface area contributed by atoms with Crippen LogP contribution in [0.5, 0.6) is 0 Å². The molecule has 0 spiro atoms. The molecule has 112 valence electrons. The van der Waals surface area contributed by atoms with Crippen molar-refractivity contribution in [3.05, 3.63) is 65.2 Å². The fourth-order valence-electron chi connectivity index (χ4n) is 2.18. The van der Waals surface area contributed by atoms with E-state index < -0.39 is 11.7 Å². The second kappa shape index (κ2) is 6.20. The molecule has 4 heteroatoms. The van der Waals surface area contributed by atoms with Crippen LogP contribution in [0, 0.1) is 6.92 Å². The largest absolute Gasteiger partial charge is 0.416 e. The van der Waals surface area contributed by atoms with Crippen LogP contribution >= 0.6 is 0 Å². The van der Waals surface area contributed by atoms with E-state index in [-0.39, 0.29) is 6.04 Å². The summed E-state index contributed by atoms with van der Waals surface area (Å²) in [6.45, 7) is 4.07. The quantitative estimate of drug-likeness (QED) is 0.776. The van der Waals surface area contributed by atoms with Crippen LogP contribution in [-0.2, 0) is 6.18 Å². The van der Waals surface area contributed by atoms with E-state index in [9.17, 15) is 13.2 Å². The Hall–Kier alpha value is -1.97. The van der Waals surface area contributed by atoms with Crippen LogP contribution in [0.4, 0.5) is 18.9 Å². The average molecular weight is 293 g/mol. The highest BCUT2D eigenvalue weighted by molar-refractivity contribution is 5.47. The molecule has 2 aromatic carbocycles. The average Bonchev–Trinajstić information content (AvgIpc) is 2.45. The Balaban J connectivity index is 2.13. The minimum atomic E-state index is -4.29. The lowest BCUT2D eigenvalue weighted by Gasteiger charge is -2.19. The molecule has 0 bridgehead atoms. The number of anilines is 1. The zero-order valence-corrected chi connectivity index (χ0v) is 12.0. The van der Waals surface area contributed by atoms with Gasteiger partial charge < -0.3 is 5.32 Å². The summed E-state index contributed by atoms with van der Waals surface area (Å²) in [4.78, 5) is 0. The second-order valence-electron chi connectivity index (χ2n) is 5.09. The molecule has 0 radical (unpaired) electrons. The van der Waals surface area contributed by atoms with E-state index in [2.05, 4.69) is 5.32 Å². The van der Waals surface area contributed by atoms with Crippen molar-refractivity contribution in [3.8, 4) is 0 Å². The highest BCUT2D eigenvalue weighted by Gasteiger charge is 2.29.